The van der Waals surface area contributed by atoms with Crippen LogP contribution in [0.25, 0.3) is 11.0 Å². The number of fused-ring (bicyclic) bond motifs is 1. The van der Waals surface area contributed by atoms with Gasteiger partial charge in [-0.25, -0.2) is 0 Å². The summed E-state index contributed by atoms with van der Waals surface area (Å²) in [7, 11) is 0. The van der Waals surface area contributed by atoms with E-state index in [-0.39, 0.29) is 19.4 Å². The maximum absolute atomic E-state index is 10.7. The van der Waals surface area contributed by atoms with Crippen LogP contribution < -0.4 is 4.74 Å². The van der Waals surface area contributed by atoms with Gasteiger partial charge in [0.05, 0.1) is 22.8 Å². The summed E-state index contributed by atoms with van der Waals surface area (Å²) in [5.41, 5.74) is 1.86. The van der Waals surface area contributed by atoms with E-state index in [0.717, 1.165) is 5.69 Å². The summed E-state index contributed by atoms with van der Waals surface area (Å²) in [6.45, 7) is 4.28. The molecule has 3 aromatic rings. The lowest BCUT2D eigenvalue weighted by Gasteiger charge is -2.07. The maximum Gasteiger partial charge on any atom is 0.303 e. The highest BCUT2D eigenvalue weighted by molar-refractivity contribution is 6.32. The summed E-state index contributed by atoms with van der Waals surface area (Å²) >= 11 is 6.23. The van der Waals surface area contributed by atoms with E-state index in [1.807, 2.05) is 32.0 Å². The Hall–Kier alpha value is -2.60. The second kappa shape index (κ2) is 9.03. The molecule has 0 aliphatic heterocycles. The number of rotatable bonds is 6. The van der Waals surface area contributed by atoms with Gasteiger partial charge >= 0.3 is 5.97 Å². The van der Waals surface area contributed by atoms with E-state index in [1.54, 1.807) is 18.3 Å². The lowest BCUT2D eigenvalue weighted by atomic mass is 10.1. The van der Waals surface area contributed by atoms with Gasteiger partial charge in [0.1, 0.15) is 12.4 Å². The van der Waals surface area contributed by atoms with E-state index in [9.17, 15) is 4.79 Å². The number of aliphatic carboxylic acids is 1. The van der Waals surface area contributed by atoms with Crippen molar-refractivity contribution < 1.29 is 19.2 Å². The third-order valence-electron chi connectivity index (χ3n) is 3.28. The van der Waals surface area contributed by atoms with Gasteiger partial charge in [0.25, 0.3) is 0 Å². The Kier molecular flexibility index (Phi) is 6.77. The van der Waals surface area contributed by atoms with Crippen molar-refractivity contribution in [2.24, 2.45) is 0 Å². The molecule has 7 heteroatoms. The van der Waals surface area contributed by atoms with Crippen LogP contribution in [0.1, 0.15) is 31.7 Å². The molecule has 0 aliphatic rings. The molecule has 0 amide bonds. The number of benzene rings is 1. The first kappa shape index (κ1) is 18.7. The first-order valence-electron chi connectivity index (χ1n) is 7.96. The Labute approximate surface area is 150 Å². The number of aromatic nitrogens is 2. The highest BCUT2D eigenvalue weighted by Crippen LogP contribution is 2.32. The van der Waals surface area contributed by atoms with Crippen LogP contribution in [0.2, 0.25) is 5.02 Å². The maximum atomic E-state index is 10.7. The topological polar surface area (TPSA) is 85.5 Å². The molecule has 0 fully saturated rings. The van der Waals surface area contributed by atoms with Gasteiger partial charge in [-0.15, -0.1) is 0 Å². The fourth-order valence-corrected chi connectivity index (χ4v) is 2.36. The molecule has 0 spiro atoms. The van der Waals surface area contributed by atoms with Crippen LogP contribution in [0.4, 0.5) is 0 Å². The van der Waals surface area contributed by atoms with Gasteiger partial charge in [0.15, 0.2) is 5.58 Å². The van der Waals surface area contributed by atoms with Gasteiger partial charge in [-0.1, -0.05) is 36.7 Å². The number of halogens is 1. The summed E-state index contributed by atoms with van der Waals surface area (Å²) in [6, 6.07) is 8.89. The molecule has 0 aliphatic carbocycles. The molecule has 0 atom stereocenters. The smallest absolute Gasteiger partial charge is 0.303 e. The minimum atomic E-state index is -0.887. The molecule has 0 saturated heterocycles. The van der Waals surface area contributed by atoms with Crippen molar-refractivity contribution in [2.45, 2.75) is 33.3 Å². The van der Waals surface area contributed by atoms with Crippen LogP contribution in [-0.2, 0) is 17.8 Å². The summed E-state index contributed by atoms with van der Waals surface area (Å²) in [5, 5.41) is 13.8. The molecular weight excluding hydrogens is 344 g/mol. The number of ether oxygens (including phenoxy) is 1. The molecule has 2 heterocycles. The van der Waals surface area contributed by atoms with Gasteiger partial charge in [-0.2, -0.15) is 0 Å². The summed E-state index contributed by atoms with van der Waals surface area (Å²) in [5.74, 6) is -0.423. The van der Waals surface area contributed by atoms with Gasteiger partial charge in [0, 0.05) is 24.1 Å². The molecule has 2 aromatic heterocycles. The third-order valence-corrected chi connectivity index (χ3v) is 3.57. The van der Waals surface area contributed by atoms with Crippen LogP contribution in [0.3, 0.4) is 0 Å². The Morgan fingerprint density at radius 2 is 2.12 bits per heavy atom. The van der Waals surface area contributed by atoms with Crippen molar-refractivity contribution in [1.82, 2.24) is 10.1 Å². The number of aryl methyl sites for hydroxylation is 1. The zero-order chi connectivity index (χ0) is 18.2. The lowest BCUT2D eigenvalue weighted by Crippen LogP contribution is -1.98. The Balaban J connectivity index is 0.00000109. The Morgan fingerprint density at radius 3 is 2.80 bits per heavy atom. The highest BCUT2D eigenvalue weighted by Gasteiger charge is 2.14. The first-order valence-corrected chi connectivity index (χ1v) is 8.33. The van der Waals surface area contributed by atoms with Crippen molar-refractivity contribution in [2.75, 3.05) is 0 Å². The molecule has 0 bridgehead atoms. The number of carboxylic acids is 1. The Morgan fingerprint density at radius 1 is 1.32 bits per heavy atom. The van der Waals surface area contributed by atoms with Crippen LogP contribution in [0, 0.1) is 0 Å². The van der Waals surface area contributed by atoms with E-state index in [0.29, 0.717) is 27.4 Å². The SMILES string of the molecule is CC.O=C(O)CCc1noc2cc(OCc3ccccn3)c(Cl)cc12. The summed E-state index contributed by atoms with van der Waals surface area (Å²) in [4.78, 5) is 14.8. The van der Waals surface area contributed by atoms with E-state index < -0.39 is 5.97 Å². The van der Waals surface area contributed by atoms with Crippen LogP contribution in [-0.4, -0.2) is 21.2 Å². The minimum Gasteiger partial charge on any atom is -0.486 e. The van der Waals surface area contributed by atoms with Crippen molar-refractivity contribution >= 4 is 28.5 Å². The van der Waals surface area contributed by atoms with E-state index in [1.165, 1.54) is 0 Å². The molecule has 25 heavy (non-hydrogen) atoms. The van der Waals surface area contributed by atoms with E-state index in [4.69, 9.17) is 26.0 Å². The second-order valence-electron chi connectivity index (χ2n) is 4.91. The Bertz CT molecular complexity index is 834. The zero-order valence-corrected chi connectivity index (χ0v) is 14.8. The molecule has 3 rings (SSSR count). The fraction of sp³-hybridized carbons (Fsp3) is 0.278. The zero-order valence-electron chi connectivity index (χ0n) is 14.0. The second-order valence-corrected chi connectivity index (χ2v) is 5.32. The largest absolute Gasteiger partial charge is 0.486 e. The molecule has 1 N–H and O–H groups in total. The van der Waals surface area contributed by atoms with Gasteiger partial charge < -0.3 is 14.4 Å². The summed E-state index contributed by atoms with van der Waals surface area (Å²) < 4.78 is 10.9. The molecular formula is C18H19ClN2O4. The molecule has 0 unspecified atom stereocenters. The average Bonchev–Trinajstić information content (AvgIpc) is 3.02. The molecule has 0 radical (unpaired) electrons. The molecule has 132 valence electrons. The quantitative estimate of drug-likeness (QED) is 0.694. The van der Waals surface area contributed by atoms with Gasteiger partial charge in [-0.05, 0) is 18.2 Å². The van der Waals surface area contributed by atoms with E-state index in [2.05, 4.69) is 10.1 Å². The van der Waals surface area contributed by atoms with Crippen LogP contribution in [0.5, 0.6) is 5.75 Å². The van der Waals surface area contributed by atoms with Gasteiger partial charge in [-0.3, -0.25) is 9.78 Å². The number of carboxylic acid groups (broad SMARTS) is 1. The number of pyridine rings is 1. The molecule has 6 nitrogen and oxygen atoms in total. The predicted octanol–water partition coefficient (Wildman–Crippen LogP) is 4.50. The third kappa shape index (κ3) is 4.93. The normalized spacial score (nSPS) is 10.2. The number of nitrogens with zero attached hydrogens (tertiary/aromatic N) is 2. The average molecular weight is 363 g/mol. The van der Waals surface area contributed by atoms with E-state index >= 15 is 0 Å². The van der Waals surface area contributed by atoms with Crippen molar-refractivity contribution in [1.29, 1.82) is 0 Å². The summed E-state index contributed by atoms with van der Waals surface area (Å²) in [6.07, 6.45) is 1.96. The van der Waals surface area contributed by atoms with Crippen molar-refractivity contribution in [3.05, 3.63) is 52.9 Å². The minimum absolute atomic E-state index is 0.0167. The first-order chi connectivity index (χ1) is 12.1. The molecule has 1 aromatic carbocycles. The van der Waals surface area contributed by atoms with Crippen molar-refractivity contribution in [3.8, 4) is 5.75 Å². The van der Waals surface area contributed by atoms with Crippen LogP contribution in [0.15, 0.2) is 41.1 Å². The fourth-order valence-electron chi connectivity index (χ4n) is 2.14. The number of hydrogen-bond acceptors (Lipinski definition) is 5. The van der Waals surface area contributed by atoms with Gasteiger partial charge in [0.2, 0.25) is 0 Å². The van der Waals surface area contributed by atoms with Crippen molar-refractivity contribution in [3.63, 3.8) is 0 Å². The standard InChI is InChI=1S/C16H13ClN2O4.C2H6/c17-12-7-11-13(4-5-16(20)21)19-23-14(11)8-15(12)22-9-10-3-1-2-6-18-10;1-2/h1-3,6-8H,4-5,9H2,(H,20,21);1-2H3. The molecule has 0 saturated carbocycles. The lowest BCUT2D eigenvalue weighted by molar-refractivity contribution is -0.136. The predicted molar refractivity (Wildman–Crippen MR) is 94.9 cm³/mol. The highest BCUT2D eigenvalue weighted by atomic mass is 35.5. The number of carbonyl (C=O) groups is 1. The monoisotopic (exact) mass is 362 g/mol. The van der Waals surface area contributed by atoms with Crippen LogP contribution >= 0.6 is 11.6 Å². The number of hydrogen-bond donors (Lipinski definition) is 1.